The molecule has 0 aliphatic carbocycles. The zero-order valence-electron chi connectivity index (χ0n) is 9.19. The third-order valence-corrected chi connectivity index (χ3v) is 3.10. The van der Waals surface area contributed by atoms with Crippen LogP contribution in [0, 0.1) is 0 Å². The van der Waals surface area contributed by atoms with Gasteiger partial charge in [-0.05, 0) is 12.8 Å². The smallest absolute Gasteiger partial charge is 0.234 e. The fourth-order valence-corrected chi connectivity index (χ4v) is 1.94. The van der Waals surface area contributed by atoms with E-state index in [-0.39, 0.29) is 12.0 Å². The van der Waals surface area contributed by atoms with Crippen LogP contribution in [-0.4, -0.2) is 41.6 Å². The monoisotopic (exact) mass is 227 g/mol. The molecule has 0 spiro atoms. The maximum absolute atomic E-state index is 8.79. The summed E-state index contributed by atoms with van der Waals surface area (Å²) in [6.07, 6.45) is 2.04. The van der Waals surface area contributed by atoms with Crippen LogP contribution in [0.15, 0.2) is 4.52 Å². The minimum Gasteiger partial charge on any atom is -0.396 e. The lowest BCUT2D eigenvalue weighted by atomic mass is 9.80. The van der Waals surface area contributed by atoms with E-state index in [1.807, 2.05) is 0 Å². The summed E-state index contributed by atoms with van der Waals surface area (Å²) in [6.45, 7) is 1.86. The van der Waals surface area contributed by atoms with E-state index in [4.69, 9.17) is 20.1 Å². The fraction of sp³-hybridized carbons (Fsp3) is 0.800. The normalized spacial score (nSPS) is 19.9. The first kappa shape index (κ1) is 11.5. The van der Waals surface area contributed by atoms with Gasteiger partial charge in [0.15, 0.2) is 5.82 Å². The Morgan fingerprint density at radius 3 is 2.75 bits per heavy atom. The van der Waals surface area contributed by atoms with E-state index in [1.165, 1.54) is 0 Å². The van der Waals surface area contributed by atoms with Gasteiger partial charge in [0.05, 0.1) is 12.0 Å². The van der Waals surface area contributed by atoms with Crippen molar-refractivity contribution in [3.8, 4) is 0 Å². The van der Waals surface area contributed by atoms with Gasteiger partial charge in [0.25, 0.3) is 0 Å². The second kappa shape index (κ2) is 4.90. The second-order valence-electron chi connectivity index (χ2n) is 4.09. The highest BCUT2D eigenvalue weighted by molar-refractivity contribution is 5.07. The van der Waals surface area contributed by atoms with E-state index >= 15 is 0 Å². The molecule has 0 aromatic carbocycles. The van der Waals surface area contributed by atoms with E-state index in [9.17, 15) is 0 Å². The zero-order valence-corrected chi connectivity index (χ0v) is 9.19. The molecule has 0 atom stereocenters. The molecule has 1 aromatic rings. The van der Waals surface area contributed by atoms with Crippen LogP contribution in [0.25, 0.3) is 0 Å². The summed E-state index contributed by atoms with van der Waals surface area (Å²) in [4.78, 5) is 4.29. The molecule has 90 valence electrons. The van der Waals surface area contributed by atoms with Crippen molar-refractivity contribution >= 4 is 0 Å². The van der Waals surface area contributed by atoms with Gasteiger partial charge >= 0.3 is 0 Å². The molecule has 0 saturated carbocycles. The zero-order chi connectivity index (χ0) is 11.4. The molecule has 0 bridgehead atoms. The van der Waals surface area contributed by atoms with E-state index in [2.05, 4.69) is 10.1 Å². The molecule has 1 aliphatic heterocycles. The van der Waals surface area contributed by atoms with E-state index in [0.717, 1.165) is 12.8 Å². The first-order valence-corrected chi connectivity index (χ1v) is 5.52. The predicted molar refractivity (Wildman–Crippen MR) is 55.9 cm³/mol. The molecule has 6 heteroatoms. The molecule has 1 fully saturated rings. The molecular formula is C10H17N3O3. The quantitative estimate of drug-likeness (QED) is 0.727. The molecular weight excluding hydrogens is 210 g/mol. The summed E-state index contributed by atoms with van der Waals surface area (Å²) in [5.41, 5.74) is 5.58. The Balaban J connectivity index is 2.18. The van der Waals surface area contributed by atoms with E-state index in [0.29, 0.717) is 37.9 Å². The molecule has 6 nitrogen and oxygen atoms in total. The Kier molecular flexibility index (Phi) is 3.52. The van der Waals surface area contributed by atoms with E-state index < -0.39 is 0 Å². The first-order valence-electron chi connectivity index (χ1n) is 5.52. The highest BCUT2D eigenvalue weighted by atomic mass is 16.5. The molecule has 0 amide bonds. The third-order valence-electron chi connectivity index (χ3n) is 3.10. The maximum Gasteiger partial charge on any atom is 0.234 e. The van der Waals surface area contributed by atoms with Crippen LogP contribution in [0.1, 0.15) is 24.6 Å². The molecule has 1 aliphatic rings. The van der Waals surface area contributed by atoms with Gasteiger partial charge in [-0.15, -0.1) is 0 Å². The van der Waals surface area contributed by atoms with Crippen LogP contribution in [0.3, 0.4) is 0 Å². The molecule has 0 radical (unpaired) electrons. The van der Waals surface area contributed by atoms with Crippen molar-refractivity contribution in [3.63, 3.8) is 0 Å². The Labute approximate surface area is 93.8 Å². The van der Waals surface area contributed by atoms with Gasteiger partial charge in [-0.1, -0.05) is 5.16 Å². The summed E-state index contributed by atoms with van der Waals surface area (Å²) < 4.78 is 10.6. The van der Waals surface area contributed by atoms with Gasteiger partial charge in [-0.2, -0.15) is 4.98 Å². The number of nitrogens with two attached hydrogens (primary N) is 1. The number of nitrogens with zero attached hydrogens (tertiary/aromatic N) is 2. The Morgan fingerprint density at radius 1 is 1.38 bits per heavy atom. The van der Waals surface area contributed by atoms with Gasteiger partial charge in [0, 0.05) is 26.2 Å². The van der Waals surface area contributed by atoms with Gasteiger partial charge < -0.3 is 20.1 Å². The van der Waals surface area contributed by atoms with Crippen molar-refractivity contribution in [1.82, 2.24) is 10.1 Å². The van der Waals surface area contributed by atoms with Crippen LogP contribution in [0.2, 0.25) is 0 Å². The molecule has 2 heterocycles. The number of aromatic nitrogens is 2. The van der Waals surface area contributed by atoms with Crippen LogP contribution < -0.4 is 5.73 Å². The predicted octanol–water partition coefficient (Wildman–Crippen LogP) is -0.389. The first-order chi connectivity index (χ1) is 7.80. The van der Waals surface area contributed by atoms with Gasteiger partial charge in [0.2, 0.25) is 5.89 Å². The molecule has 1 saturated heterocycles. The number of ether oxygens (including phenoxy) is 1. The van der Waals surface area contributed by atoms with E-state index in [1.54, 1.807) is 0 Å². The van der Waals surface area contributed by atoms with Crippen molar-refractivity contribution in [2.24, 2.45) is 5.73 Å². The molecule has 0 unspecified atom stereocenters. The van der Waals surface area contributed by atoms with Gasteiger partial charge in [0.1, 0.15) is 0 Å². The standard InChI is InChI=1S/C10H17N3O3/c11-7-10(2-5-15-6-3-10)9-12-8(1-4-14)13-16-9/h14H,1-7,11H2. The summed E-state index contributed by atoms with van der Waals surface area (Å²) >= 11 is 0. The van der Waals surface area contributed by atoms with Crippen molar-refractivity contribution in [3.05, 3.63) is 11.7 Å². The van der Waals surface area contributed by atoms with Gasteiger partial charge in [-0.3, -0.25) is 0 Å². The van der Waals surface area contributed by atoms with Gasteiger partial charge in [-0.25, -0.2) is 0 Å². The summed E-state index contributed by atoms with van der Waals surface area (Å²) in [6, 6.07) is 0. The number of hydrogen-bond donors (Lipinski definition) is 2. The Morgan fingerprint density at radius 2 is 2.12 bits per heavy atom. The number of aliphatic hydroxyl groups is 1. The highest BCUT2D eigenvalue weighted by Gasteiger charge is 2.38. The van der Waals surface area contributed by atoms with Crippen molar-refractivity contribution in [2.75, 3.05) is 26.4 Å². The highest BCUT2D eigenvalue weighted by Crippen LogP contribution is 2.32. The largest absolute Gasteiger partial charge is 0.396 e. The molecule has 1 aromatic heterocycles. The Bertz CT molecular complexity index is 334. The number of aliphatic hydroxyl groups excluding tert-OH is 1. The van der Waals surface area contributed by atoms with Crippen LogP contribution in [-0.2, 0) is 16.6 Å². The third kappa shape index (κ3) is 2.09. The Hall–Kier alpha value is -0.980. The number of hydrogen-bond acceptors (Lipinski definition) is 6. The van der Waals surface area contributed by atoms with Crippen molar-refractivity contribution in [1.29, 1.82) is 0 Å². The lowest BCUT2D eigenvalue weighted by molar-refractivity contribution is 0.0409. The second-order valence-corrected chi connectivity index (χ2v) is 4.09. The summed E-state index contributed by atoms with van der Waals surface area (Å²) in [7, 11) is 0. The SMILES string of the molecule is NCC1(c2nc(CCO)no2)CCOCC1. The maximum atomic E-state index is 8.79. The van der Waals surface area contributed by atoms with Crippen LogP contribution >= 0.6 is 0 Å². The lowest BCUT2D eigenvalue weighted by Gasteiger charge is -2.32. The van der Waals surface area contributed by atoms with Crippen molar-refractivity contribution in [2.45, 2.75) is 24.7 Å². The average Bonchev–Trinajstić information content (AvgIpc) is 2.80. The fourth-order valence-electron chi connectivity index (χ4n) is 1.94. The average molecular weight is 227 g/mol. The lowest BCUT2D eigenvalue weighted by Crippen LogP contribution is -2.40. The summed E-state index contributed by atoms with van der Waals surface area (Å²) in [5, 5.41) is 12.6. The van der Waals surface area contributed by atoms with Crippen molar-refractivity contribution < 1.29 is 14.4 Å². The minimum absolute atomic E-state index is 0.0255. The van der Waals surface area contributed by atoms with Crippen LogP contribution in [0.4, 0.5) is 0 Å². The molecule has 3 N–H and O–H groups in total. The minimum atomic E-state index is -0.237. The van der Waals surface area contributed by atoms with Crippen LogP contribution in [0.5, 0.6) is 0 Å². The molecule has 16 heavy (non-hydrogen) atoms. The molecule has 2 rings (SSSR count). The summed E-state index contributed by atoms with van der Waals surface area (Å²) in [5.74, 6) is 1.12. The topological polar surface area (TPSA) is 94.4 Å². The number of rotatable bonds is 4.